The van der Waals surface area contributed by atoms with E-state index in [4.69, 9.17) is 4.74 Å². The second kappa shape index (κ2) is 4.42. The Balaban J connectivity index is 1.81. The van der Waals surface area contributed by atoms with E-state index in [1.165, 1.54) is 31.2 Å². The van der Waals surface area contributed by atoms with Crippen LogP contribution in [-0.4, -0.2) is 5.97 Å². The fourth-order valence-electron chi connectivity index (χ4n) is 3.28. The van der Waals surface area contributed by atoms with Crippen molar-refractivity contribution in [2.75, 3.05) is 0 Å². The molecule has 1 aromatic carbocycles. The normalized spacial score (nSPS) is 28.9. The fraction of sp³-hybridized carbons (Fsp3) is 0.562. The quantitative estimate of drug-likeness (QED) is 0.458. The Labute approximate surface area is 108 Å². The lowest BCUT2D eigenvalue weighted by molar-refractivity contribution is -0.136. The van der Waals surface area contributed by atoms with Gasteiger partial charge < -0.3 is 4.74 Å². The van der Waals surface area contributed by atoms with E-state index in [-0.39, 0.29) is 17.3 Å². The number of carbonyl (C=O) groups excluding carboxylic acids is 1. The maximum atomic E-state index is 12.0. The summed E-state index contributed by atoms with van der Waals surface area (Å²) in [6, 6.07) is 7.99. The largest absolute Gasteiger partial charge is 0.426 e. The minimum atomic E-state index is -0.00329. The summed E-state index contributed by atoms with van der Waals surface area (Å²) in [6.07, 6.45) is 6.97. The number of hydrogen-bond donors (Lipinski definition) is 0. The monoisotopic (exact) mass is 244 g/mol. The van der Waals surface area contributed by atoms with Crippen LogP contribution in [0.25, 0.3) is 0 Å². The summed E-state index contributed by atoms with van der Waals surface area (Å²) in [5.74, 6) is 0.933. The third-order valence-electron chi connectivity index (χ3n) is 4.48. The first-order valence-electron chi connectivity index (χ1n) is 7.05. The molecular formula is C16H20O2. The lowest BCUT2D eigenvalue weighted by atomic mass is 9.88. The number of rotatable bonds is 4. The van der Waals surface area contributed by atoms with Gasteiger partial charge in [0.1, 0.15) is 5.75 Å². The van der Waals surface area contributed by atoms with Gasteiger partial charge >= 0.3 is 5.97 Å². The van der Waals surface area contributed by atoms with E-state index >= 15 is 0 Å². The van der Waals surface area contributed by atoms with E-state index in [2.05, 4.69) is 13.0 Å². The molecule has 1 aliphatic heterocycles. The maximum absolute atomic E-state index is 12.0. The van der Waals surface area contributed by atoms with Crippen molar-refractivity contribution < 1.29 is 9.53 Å². The fourth-order valence-corrected chi connectivity index (χ4v) is 3.28. The van der Waals surface area contributed by atoms with Crippen molar-refractivity contribution in [3.8, 4) is 5.75 Å². The molecule has 0 amide bonds. The molecule has 2 heteroatoms. The molecule has 0 aromatic heterocycles. The van der Waals surface area contributed by atoms with Gasteiger partial charge in [0.25, 0.3) is 0 Å². The van der Waals surface area contributed by atoms with E-state index in [9.17, 15) is 4.79 Å². The molecule has 96 valence electrons. The Morgan fingerprint density at radius 2 is 2.17 bits per heavy atom. The Bertz CT molecular complexity index is 466. The molecule has 1 saturated carbocycles. The third kappa shape index (κ3) is 1.94. The summed E-state index contributed by atoms with van der Waals surface area (Å²) >= 11 is 0. The maximum Gasteiger partial charge on any atom is 0.314 e. The van der Waals surface area contributed by atoms with Crippen LogP contribution < -0.4 is 4.74 Å². The highest BCUT2D eigenvalue weighted by molar-refractivity contribution is 5.80. The first-order valence-corrected chi connectivity index (χ1v) is 7.05. The van der Waals surface area contributed by atoms with Crippen molar-refractivity contribution >= 4 is 5.97 Å². The molecule has 2 aliphatic rings. The van der Waals surface area contributed by atoms with E-state index in [0.717, 1.165) is 18.6 Å². The standard InChI is InChI=1S/C16H20O2/c1-2-3-6-9-16-10-12-7-4-5-8-14(12)18-15(17)13(16)11-16/h4-5,7-8,13H,2-3,6,9-11H2,1H3. The summed E-state index contributed by atoms with van der Waals surface area (Å²) in [6.45, 7) is 2.22. The van der Waals surface area contributed by atoms with Crippen molar-refractivity contribution in [3.05, 3.63) is 29.8 Å². The molecule has 0 bridgehead atoms. The zero-order valence-corrected chi connectivity index (χ0v) is 10.9. The van der Waals surface area contributed by atoms with Gasteiger partial charge in [0.15, 0.2) is 0 Å². The van der Waals surface area contributed by atoms with Gasteiger partial charge in [-0.05, 0) is 36.3 Å². The molecule has 1 heterocycles. The van der Waals surface area contributed by atoms with Gasteiger partial charge in [-0.1, -0.05) is 44.4 Å². The van der Waals surface area contributed by atoms with E-state index in [1.54, 1.807) is 0 Å². The summed E-state index contributed by atoms with van der Waals surface area (Å²) in [5, 5.41) is 0. The van der Waals surface area contributed by atoms with Crippen LogP contribution in [0.15, 0.2) is 24.3 Å². The number of carbonyl (C=O) groups is 1. The van der Waals surface area contributed by atoms with Crippen LogP contribution in [0.3, 0.4) is 0 Å². The van der Waals surface area contributed by atoms with Crippen molar-refractivity contribution in [1.82, 2.24) is 0 Å². The molecule has 3 rings (SSSR count). The van der Waals surface area contributed by atoms with Crippen LogP contribution in [0, 0.1) is 11.3 Å². The zero-order chi connectivity index (χ0) is 12.6. The second-order valence-electron chi connectivity index (χ2n) is 5.78. The van der Waals surface area contributed by atoms with Crippen LogP contribution in [0.4, 0.5) is 0 Å². The summed E-state index contributed by atoms with van der Waals surface area (Å²) < 4.78 is 5.50. The summed E-state index contributed by atoms with van der Waals surface area (Å²) in [4.78, 5) is 12.0. The van der Waals surface area contributed by atoms with Crippen molar-refractivity contribution in [3.63, 3.8) is 0 Å². The summed E-state index contributed by atoms with van der Waals surface area (Å²) in [5.41, 5.74) is 1.43. The SMILES string of the molecule is CCCCCC12Cc3ccccc3OC(=O)C1C2. The Morgan fingerprint density at radius 1 is 1.33 bits per heavy atom. The number of hydrogen-bond acceptors (Lipinski definition) is 2. The predicted octanol–water partition coefficient (Wildman–Crippen LogP) is 3.73. The molecule has 0 spiro atoms. The van der Waals surface area contributed by atoms with Crippen LogP contribution in [-0.2, 0) is 11.2 Å². The van der Waals surface area contributed by atoms with Gasteiger partial charge in [0.05, 0.1) is 5.92 Å². The van der Waals surface area contributed by atoms with Gasteiger partial charge in [-0.2, -0.15) is 0 Å². The molecule has 0 radical (unpaired) electrons. The zero-order valence-electron chi connectivity index (χ0n) is 10.9. The Kier molecular flexibility index (Phi) is 2.89. The van der Waals surface area contributed by atoms with Crippen LogP contribution in [0.5, 0.6) is 5.75 Å². The van der Waals surface area contributed by atoms with Crippen LogP contribution in [0.1, 0.15) is 44.6 Å². The molecule has 18 heavy (non-hydrogen) atoms. The number of unbranched alkanes of at least 4 members (excludes halogenated alkanes) is 2. The average molecular weight is 244 g/mol. The molecule has 1 aromatic rings. The number of benzene rings is 1. The molecule has 1 aliphatic carbocycles. The van der Waals surface area contributed by atoms with E-state index in [0.29, 0.717) is 0 Å². The van der Waals surface area contributed by atoms with Crippen molar-refractivity contribution in [1.29, 1.82) is 0 Å². The van der Waals surface area contributed by atoms with Crippen LogP contribution >= 0.6 is 0 Å². The second-order valence-corrected chi connectivity index (χ2v) is 5.78. The van der Waals surface area contributed by atoms with Gasteiger partial charge in [-0.15, -0.1) is 0 Å². The lowest BCUT2D eigenvalue weighted by Gasteiger charge is -2.14. The molecule has 2 unspecified atom stereocenters. The Morgan fingerprint density at radius 3 is 3.00 bits per heavy atom. The number of esters is 1. The molecule has 1 fully saturated rings. The molecule has 2 nitrogen and oxygen atoms in total. The number of para-hydroxylation sites is 1. The molecule has 0 N–H and O–H groups in total. The first kappa shape index (κ1) is 11.8. The number of ether oxygens (including phenoxy) is 1. The lowest BCUT2D eigenvalue weighted by Crippen LogP contribution is -2.14. The minimum absolute atomic E-state index is 0.00329. The third-order valence-corrected chi connectivity index (χ3v) is 4.48. The van der Waals surface area contributed by atoms with Gasteiger partial charge in [-0.25, -0.2) is 0 Å². The van der Waals surface area contributed by atoms with Gasteiger partial charge in [0.2, 0.25) is 0 Å². The highest BCUT2D eigenvalue weighted by Crippen LogP contribution is 2.60. The predicted molar refractivity (Wildman–Crippen MR) is 70.5 cm³/mol. The first-order chi connectivity index (χ1) is 8.75. The number of fused-ring (bicyclic) bond motifs is 2. The molecule has 2 atom stereocenters. The van der Waals surface area contributed by atoms with Gasteiger partial charge in [-0.3, -0.25) is 4.79 Å². The average Bonchev–Trinajstić information content (AvgIpc) is 3.07. The van der Waals surface area contributed by atoms with Crippen molar-refractivity contribution in [2.45, 2.75) is 45.4 Å². The highest BCUT2D eigenvalue weighted by Gasteiger charge is 2.59. The smallest absolute Gasteiger partial charge is 0.314 e. The van der Waals surface area contributed by atoms with E-state index in [1.807, 2.05) is 18.2 Å². The topological polar surface area (TPSA) is 26.3 Å². The summed E-state index contributed by atoms with van der Waals surface area (Å²) in [7, 11) is 0. The van der Waals surface area contributed by atoms with Gasteiger partial charge in [0, 0.05) is 0 Å². The molecular weight excluding hydrogens is 224 g/mol. The van der Waals surface area contributed by atoms with Crippen LogP contribution in [0.2, 0.25) is 0 Å². The van der Waals surface area contributed by atoms with Crippen molar-refractivity contribution in [2.24, 2.45) is 11.3 Å². The highest BCUT2D eigenvalue weighted by atomic mass is 16.5. The minimum Gasteiger partial charge on any atom is -0.426 e. The Hall–Kier alpha value is -1.31. The molecule has 0 saturated heterocycles. The van der Waals surface area contributed by atoms with E-state index < -0.39 is 0 Å².